The number of benzene rings is 1. The van der Waals surface area contributed by atoms with Crippen molar-refractivity contribution in [1.29, 1.82) is 0 Å². The molecule has 2 aliphatic heterocycles. The summed E-state index contributed by atoms with van der Waals surface area (Å²) in [5, 5.41) is 6.09. The van der Waals surface area contributed by atoms with Crippen LogP contribution in [0.3, 0.4) is 0 Å². The maximum atomic E-state index is 14.5. The van der Waals surface area contributed by atoms with E-state index in [0.717, 1.165) is 25.1 Å². The number of hydrogen-bond donors (Lipinski definition) is 2. The van der Waals surface area contributed by atoms with E-state index in [1.54, 1.807) is 25.5 Å². The Morgan fingerprint density at radius 3 is 2.83 bits per heavy atom. The third-order valence-corrected chi connectivity index (χ3v) is 5.86. The van der Waals surface area contributed by atoms with Crippen molar-refractivity contribution in [2.45, 2.75) is 32.9 Å². The summed E-state index contributed by atoms with van der Waals surface area (Å²) in [6, 6.07) is 5.70. The summed E-state index contributed by atoms with van der Waals surface area (Å²) < 4.78 is 30.5. The summed E-state index contributed by atoms with van der Waals surface area (Å²) in [4.78, 5) is 24.6. The Bertz CT molecular complexity index is 987. The Morgan fingerprint density at radius 1 is 1.31 bits per heavy atom. The minimum Gasteiger partial charge on any atom is -0.501 e. The number of halogens is 1. The average Bonchev–Trinajstić information content (AvgIpc) is 3.20. The lowest BCUT2D eigenvalue weighted by Crippen LogP contribution is -2.33. The SMILES string of the molecule is COc1cc(CNCC2C=COCC2)ccc1C(/C=C\CN1CC(CNC(C)=O)OC1=O)=C(/C)F. The topological polar surface area (TPSA) is 89.1 Å². The van der Waals surface area contributed by atoms with Crippen molar-refractivity contribution in [3.63, 3.8) is 0 Å². The number of ether oxygens (including phenoxy) is 3. The molecule has 1 fully saturated rings. The molecule has 35 heavy (non-hydrogen) atoms. The molecule has 3 rings (SSSR count). The van der Waals surface area contributed by atoms with Crippen LogP contribution in [0.2, 0.25) is 0 Å². The van der Waals surface area contributed by atoms with Gasteiger partial charge in [-0.05, 0) is 37.0 Å². The fourth-order valence-corrected chi connectivity index (χ4v) is 3.97. The first-order valence-electron chi connectivity index (χ1n) is 11.8. The van der Waals surface area contributed by atoms with Crippen LogP contribution < -0.4 is 15.4 Å². The van der Waals surface area contributed by atoms with E-state index in [0.29, 0.717) is 35.9 Å². The molecule has 0 aliphatic carbocycles. The van der Waals surface area contributed by atoms with Crippen LogP contribution in [0.15, 0.2) is 48.5 Å². The third kappa shape index (κ3) is 7.85. The summed E-state index contributed by atoms with van der Waals surface area (Å²) in [5.74, 6) is 0.485. The second kappa shape index (κ2) is 12.9. The Hall–Kier alpha value is -3.33. The molecule has 0 radical (unpaired) electrons. The molecule has 2 aliphatic rings. The van der Waals surface area contributed by atoms with E-state index in [2.05, 4.69) is 16.7 Å². The van der Waals surface area contributed by atoms with Crippen molar-refractivity contribution >= 4 is 17.6 Å². The predicted molar refractivity (Wildman–Crippen MR) is 131 cm³/mol. The second-order valence-electron chi connectivity index (χ2n) is 8.61. The van der Waals surface area contributed by atoms with Crippen LogP contribution in [0.4, 0.5) is 9.18 Å². The number of allylic oxidation sites excluding steroid dienone is 3. The number of carbonyl (C=O) groups is 2. The van der Waals surface area contributed by atoms with Gasteiger partial charge in [0.25, 0.3) is 0 Å². The Balaban J connectivity index is 1.60. The molecule has 8 nitrogen and oxygen atoms in total. The van der Waals surface area contributed by atoms with E-state index >= 15 is 0 Å². The van der Waals surface area contributed by atoms with Crippen molar-refractivity contribution in [1.82, 2.24) is 15.5 Å². The van der Waals surface area contributed by atoms with E-state index in [1.807, 2.05) is 18.2 Å². The Kier molecular flexibility index (Phi) is 9.72. The molecule has 190 valence electrons. The predicted octanol–water partition coefficient (Wildman–Crippen LogP) is 3.55. The number of carbonyl (C=O) groups excluding carboxylic acids is 2. The molecule has 0 bridgehead atoms. The smallest absolute Gasteiger partial charge is 0.410 e. The van der Waals surface area contributed by atoms with Crippen molar-refractivity contribution < 1.29 is 28.2 Å². The molecule has 2 unspecified atom stereocenters. The van der Waals surface area contributed by atoms with Crippen LogP contribution in [0.5, 0.6) is 5.75 Å². The number of nitrogens with zero attached hydrogens (tertiary/aromatic N) is 1. The van der Waals surface area contributed by atoms with Crippen molar-refractivity contribution in [2.75, 3.05) is 39.9 Å². The number of hydrogen-bond acceptors (Lipinski definition) is 6. The van der Waals surface area contributed by atoms with Gasteiger partial charge in [0.05, 0.1) is 33.1 Å². The molecule has 2 atom stereocenters. The van der Waals surface area contributed by atoms with Gasteiger partial charge in [-0.1, -0.05) is 24.3 Å². The maximum absolute atomic E-state index is 14.5. The van der Waals surface area contributed by atoms with Gasteiger partial charge in [0.2, 0.25) is 5.91 Å². The quantitative estimate of drug-likeness (QED) is 0.464. The molecule has 1 aromatic carbocycles. The van der Waals surface area contributed by atoms with E-state index in [4.69, 9.17) is 14.2 Å². The molecule has 0 aromatic heterocycles. The highest BCUT2D eigenvalue weighted by Gasteiger charge is 2.30. The fraction of sp³-hybridized carbons (Fsp3) is 0.462. The summed E-state index contributed by atoms with van der Waals surface area (Å²) >= 11 is 0. The lowest BCUT2D eigenvalue weighted by molar-refractivity contribution is -0.119. The zero-order chi connectivity index (χ0) is 25.2. The van der Waals surface area contributed by atoms with Gasteiger partial charge in [-0.25, -0.2) is 9.18 Å². The van der Waals surface area contributed by atoms with Gasteiger partial charge in [-0.2, -0.15) is 0 Å². The number of rotatable bonds is 11. The lowest BCUT2D eigenvalue weighted by Gasteiger charge is -2.18. The van der Waals surface area contributed by atoms with Gasteiger partial charge in [0.15, 0.2) is 0 Å². The van der Waals surface area contributed by atoms with Gasteiger partial charge in [0, 0.05) is 37.7 Å². The highest BCUT2D eigenvalue weighted by atomic mass is 19.1. The standard InChI is InChI=1S/C26H34FN3O5/c1-18(27)23(5-4-10-30-17-22(35-26(30)32)16-29-19(2)31)24-7-6-21(13-25(24)33-3)15-28-14-20-8-11-34-12-9-20/h4-8,11,13,20,22,28H,9-10,12,14-17H2,1-3H3,(H,29,31)/b5-4-,23-18-. The normalized spacial score (nSPS) is 20.5. The number of amides is 2. The lowest BCUT2D eigenvalue weighted by atomic mass is 10.0. The third-order valence-electron chi connectivity index (χ3n) is 5.86. The number of cyclic esters (lactones) is 1. The highest BCUT2D eigenvalue weighted by molar-refractivity contribution is 5.79. The van der Waals surface area contributed by atoms with Gasteiger partial charge in [-0.3, -0.25) is 4.79 Å². The summed E-state index contributed by atoms with van der Waals surface area (Å²) in [7, 11) is 1.56. The van der Waals surface area contributed by atoms with Crippen molar-refractivity contribution in [3.8, 4) is 5.75 Å². The van der Waals surface area contributed by atoms with Crippen LogP contribution >= 0.6 is 0 Å². The molecular formula is C26H34FN3O5. The summed E-state index contributed by atoms with van der Waals surface area (Å²) in [6.45, 7) is 5.95. The number of nitrogens with one attached hydrogen (secondary N) is 2. The Labute approximate surface area is 205 Å². The Morgan fingerprint density at radius 2 is 2.14 bits per heavy atom. The van der Waals surface area contributed by atoms with Crippen LogP contribution in [-0.2, 0) is 20.8 Å². The first kappa shape index (κ1) is 26.3. The maximum Gasteiger partial charge on any atom is 0.410 e. The largest absolute Gasteiger partial charge is 0.501 e. The fourth-order valence-electron chi connectivity index (χ4n) is 3.97. The molecular weight excluding hydrogens is 453 g/mol. The number of methoxy groups -OCH3 is 1. The minimum atomic E-state index is -0.460. The molecule has 2 N–H and O–H groups in total. The molecule has 2 heterocycles. The van der Waals surface area contributed by atoms with Crippen molar-refractivity contribution in [3.05, 3.63) is 59.6 Å². The zero-order valence-electron chi connectivity index (χ0n) is 20.5. The first-order valence-corrected chi connectivity index (χ1v) is 11.8. The molecule has 1 aromatic rings. The van der Waals surface area contributed by atoms with Crippen LogP contribution in [0, 0.1) is 5.92 Å². The van der Waals surface area contributed by atoms with E-state index in [1.165, 1.54) is 18.7 Å². The molecule has 9 heteroatoms. The van der Waals surface area contributed by atoms with E-state index in [-0.39, 0.29) is 24.8 Å². The first-order chi connectivity index (χ1) is 16.9. The molecule has 0 spiro atoms. The molecule has 2 amide bonds. The molecule has 0 saturated carbocycles. The van der Waals surface area contributed by atoms with Crippen LogP contribution in [0.1, 0.15) is 31.4 Å². The average molecular weight is 488 g/mol. The summed E-state index contributed by atoms with van der Waals surface area (Å²) in [6.07, 6.45) is 7.32. The minimum absolute atomic E-state index is 0.181. The van der Waals surface area contributed by atoms with Gasteiger partial charge < -0.3 is 29.7 Å². The van der Waals surface area contributed by atoms with Gasteiger partial charge in [-0.15, -0.1) is 0 Å². The highest BCUT2D eigenvalue weighted by Crippen LogP contribution is 2.31. The van der Waals surface area contributed by atoms with Crippen molar-refractivity contribution in [2.24, 2.45) is 5.92 Å². The van der Waals surface area contributed by atoms with E-state index in [9.17, 15) is 14.0 Å². The zero-order valence-corrected chi connectivity index (χ0v) is 20.5. The molecule has 1 saturated heterocycles. The van der Waals surface area contributed by atoms with E-state index < -0.39 is 12.2 Å². The van der Waals surface area contributed by atoms with Crippen LogP contribution in [0.25, 0.3) is 5.57 Å². The second-order valence-corrected chi connectivity index (χ2v) is 8.61. The monoisotopic (exact) mass is 487 g/mol. The van der Waals surface area contributed by atoms with Crippen LogP contribution in [-0.4, -0.2) is 62.9 Å². The van der Waals surface area contributed by atoms with Gasteiger partial charge >= 0.3 is 6.09 Å². The van der Waals surface area contributed by atoms with Gasteiger partial charge in [0.1, 0.15) is 17.7 Å². The summed E-state index contributed by atoms with van der Waals surface area (Å²) in [5.41, 5.74) is 2.05.